The van der Waals surface area contributed by atoms with Crippen LogP contribution in [0.15, 0.2) is 18.2 Å². The Hall–Kier alpha value is -1.26. The second-order valence-corrected chi connectivity index (χ2v) is 4.73. The predicted molar refractivity (Wildman–Crippen MR) is 66.9 cm³/mol. The summed E-state index contributed by atoms with van der Waals surface area (Å²) in [6.45, 7) is 5.10. The Kier molecular flexibility index (Phi) is 5.25. The molecule has 1 unspecified atom stereocenters. The molecule has 0 saturated heterocycles. The molecule has 1 aromatic carbocycles. The zero-order chi connectivity index (χ0) is 12.8. The molecule has 0 heterocycles. The molecule has 1 rings (SSSR count). The number of aliphatic hydroxyl groups excluding tert-OH is 1. The van der Waals surface area contributed by atoms with E-state index in [0.717, 1.165) is 6.42 Å². The quantitative estimate of drug-likeness (QED) is 0.608. The largest absolute Gasteiger partial charge is 0.508 e. The lowest BCUT2D eigenvalue weighted by Crippen LogP contribution is -2.27. The maximum Gasteiger partial charge on any atom is 0.123 e. The van der Waals surface area contributed by atoms with Crippen LogP contribution in [0, 0.1) is 5.92 Å². The van der Waals surface area contributed by atoms with Crippen molar-refractivity contribution in [2.45, 2.75) is 32.9 Å². The molecule has 0 bridgehead atoms. The summed E-state index contributed by atoms with van der Waals surface area (Å²) in [5.74, 6) is 0.579. The molecular formula is C13H21NO3. The molecule has 4 nitrogen and oxygen atoms in total. The van der Waals surface area contributed by atoms with Gasteiger partial charge in [0.25, 0.3) is 0 Å². The molecule has 0 saturated carbocycles. The Bertz CT molecular complexity index is 353. The van der Waals surface area contributed by atoms with Crippen molar-refractivity contribution >= 4 is 0 Å². The van der Waals surface area contributed by atoms with Gasteiger partial charge in [-0.25, -0.2) is 0 Å². The summed E-state index contributed by atoms with van der Waals surface area (Å²) in [7, 11) is 0. The van der Waals surface area contributed by atoms with Crippen LogP contribution in [0.5, 0.6) is 11.5 Å². The van der Waals surface area contributed by atoms with Gasteiger partial charge in [0.05, 0.1) is 6.10 Å². The van der Waals surface area contributed by atoms with Crippen molar-refractivity contribution in [3.63, 3.8) is 0 Å². The normalized spacial score (nSPS) is 12.9. The lowest BCUT2D eigenvalue weighted by molar-refractivity contribution is 0.146. The van der Waals surface area contributed by atoms with Gasteiger partial charge in [0, 0.05) is 24.7 Å². The van der Waals surface area contributed by atoms with E-state index >= 15 is 0 Å². The summed E-state index contributed by atoms with van der Waals surface area (Å²) in [5, 5.41) is 31.4. The number of aromatic hydroxyl groups is 2. The first-order valence-electron chi connectivity index (χ1n) is 5.88. The molecule has 0 spiro atoms. The first-order valence-corrected chi connectivity index (χ1v) is 5.88. The van der Waals surface area contributed by atoms with Gasteiger partial charge in [-0.15, -0.1) is 0 Å². The number of nitrogens with one attached hydrogen (secondary N) is 1. The van der Waals surface area contributed by atoms with Gasteiger partial charge in [-0.1, -0.05) is 19.9 Å². The summed E-state index contributed by atoms with van der Waals surface area (Å²) in [4.78, 5) is 0. The average Bonchev–Trinajstić information content (AvgIpc) is 2.20. The fourth-order valence-corrected chi connectivity index (χ4v) is 1.70. The van der Waals surface area contributed by atoms with Crippen LogP contribution in [0.1, 0.15) is 25.8 Å². The minimum atomic E-state index is -0.366. The van der Waals surface area contributed by atoms with Crippen LogP contribution in [-0.2, 0) is 6.54 Å². The second-order valence-electron chi connectivity index (χ2n) is 4.73. The molecule has 1 atom stereocenters. The van der Waals surface area contributed by atoms with Gasteiger partial charge in [0.15, 0.2) is 0 Å². The molecular weight excluding hydrogens is 218 g/mol. The van der Waals surface area contributed by atoms with E-state index in [1.807, 2.05) is 0 Å². The average molecular weight is 239 g/mol. The van der Waals surface area contributed by atoms with Crippen molar-refractivity contribution in [2.24, 2.45) is 5.92 Å². The molecule has 17 heavy (non-hydrogen) atoms. The van der Waals surface area contributed by atoms with E-state index in [-0.39, 0.29) is 17.6 Å². The predicted octanol–water partition coefficient (Wildman–Crippen LogP) is 1.59. The first kappa shape index (κ1) is 13.8. The summed E-state index contributed by atoms with van der Waals surface area (Å²) in [6, 6.07) is 4.50. The Labute approximate surface area is 102 Å². The summed E-state index contributed by atoms with van der Waals surface area (Å²) in [6.07, 6.45) is 0.392. The lowest BCUT2D eigenvalue weighted by atomic mass is 10.1. The Balaban J connectivity index is 2.35. The third-order valence-corrected chi connectivity index (χ3v) is 2.51. The highest BCUT2D eigenvalue weighted by molar-refractivity contribution is 5.38. The number of benzene rings is 1. The van der Waals surface area contributed by atoms with Gasteiger partial charge in [-0.3, -0.25) is 0 Å². The van der Waals surface area contributed by atoms with Crippen molar-refractivity contribution in [1.29, 1.82) is 0 Å². The minimum Gasteiger partial charge on any atom is -0.508 e. The van der Waals surface area contributed by atoms with Crippen LogP contribution in [0.2, 0.25) is 0 Å². The van der Waals surface area contributed by atoms with Crippen LogP contribution in [0.3, 0.4) is 0 Å². The number of hydrogen-bond acceptors (Lipinski definition) is 4. The summed E-state index contributed by atoms with van der Waals surface area (Å²) in [5.41, 5.74) is 0.708. The lowest BCUT2D eigenvalue weighted by Gasteiger charge is -2.14. The standard InChI is InChI=1S/C13H21NO3/c1-9(2)5-12(16)8-14-7-10-3-4-11(15)6-13(10)17/h3-4,6,9,12,14-17H,5,7-8H2,1-2H3. The molecule has 1 aromatic rings. The van der Waals surface area contributed by atoms with Crippen LogP contribution in [0.25, 0.3) is 0 Å². The molecule has 96 valence electrons. The molecule has 4 heteroatoms. The second kappa shape index (κ2) is 6.47. The monoisotopic (exact) mass is 239 g/mol. The molecule has 0 aliphatic carbocycles. The van der Waals surface area contributed by atoms with Crippen molar-refractivity contribution in [3.05, 3.63) is 23.8 Å². The van der Waals surface area contributed by atoms with Crippen LogP contribution < -0.4 is 5.32 Å². The number of aliphatic hydroxyl groups is 1. The van der Waals surface area contributed by atoms with E-state index < -0.39 is 0 Å². The zero-order valence-corrected chi connectivity index (χ0v) is 10.3. The molecule has 4 N–H and O–H groups in total. The smallest absolute Gasteiger partial charge is 0.123 e. The minimum absolute atomic E-state index is 0.0473. The SMILES string of the molecule is CC(C)CC(O)CNCc1ccc(O)cc1O. The van der Waals surface area contributed by atoms with E-state index in [1.54, 1.807) is 6.07 Å². The van der Waals surface area contributed by atoms with E-state index in [0.29, 0.717) is 24.6 Å². The van der Waals surface area contributed by atoms with Gasteiger partial charge >= 0.3 is 0 Å². The fourth-order valence-electron chi connectivity index (χ4n) is 1.70. The molecule has 0 aromatic heterocycles. The third kappa shape index (κ3) is 5.06. The Morgan fingerprint density at radius 1 is 1.24 bits per heavy atom. The highest BCUT2D eigenvalue weighted by Crippen LogP contribution is 2.22. The van der Waals surface area contributed by atoms with Crippen molar-refractivity contribution in [1.82, 2.24) is 5.32 Å². The van der Waals surface area contributed by atoms with Crippen molar-refractivity contribution in [3.8, 4) is 11.5 Å². The number of rotatable bonds is 6. The van der Waals surface area contributed by atoms with Gasteiger partial charge in [0.1, 0.15) is 11.5 Å². The van der Waals surface area contributed by atoms with Gasteiger partial charge in [-0.05, 0) is 18.4 Å². The van der Waals surface area contributed by atoms with Gasteiger partial charge < -0.3 is 20.6 Å². The van der Waals surface area contributed by atoms with E-state index in [2.05, 4.69) is 19.2 Å². The maximum absolute atomic E-state index is 9.65. The number of phenols is 2. The summed E-state index contributed by atoms with van der Waals surface area (Å²) < 4.78 is 0. The van der Waals surface area contributed by atoms with Crippen LogP contribution in [-0.4, -0.2) is 28.0 Å². The topological polar surface area (TPSA) is 72.7 Å². The van der Waals surface area contributed by atoms with Crippen LogP contribution >= 0.6 is 0 Å². The maximum atomic E-state index is 9.65. The van der Waals surface area contributed by atoms with E-state index in [1.165, 1.54) is 12.1 Å². The summed E-state index contributed by atoms with van der Waals surface area (Å²) >= 11 is 0. The highest BCUT2D eigenvalue weighted by atomic mass is 16.3. The van der Waals surface area contributed by atoms with Crippen LogP contribution in [0.4, 0.5) is 0 Å². The molecule has 0 aliphatic heterocycles. The van der Waals surface area contributed by atoms with E-state index in [4.69, 9.17) is 5.11 Å². The fraction of sp³-hybridized carbons (Fsp3) is 0.538. The van der Waals surface area contributed by atoms with Crippen molar-refractivity contribution in [2.75, 3.05) is 6.54 Å². The van der Waals surface area contributed by atoms with Gasteiger partial charge in [0.2, 0.25) is 0 Å². The van der Waals surface area contributed by atoms with Gasteiger partial charge in [-0.2, -0.15) is 0 Å². The highest BCUT2D eigenvalue weighted by Gasteiger charge is 2.07. The molecule has 0 aliphatic rings. The molecule has 0 radical (unpaired) electrons. The number of phenolic OH excluding ortho intramolecular Hbond substituents is 2. The Morgan fingerprint density at radius 3 is 2.53 bits per heavy atom. The van der Waals surface area contributed by atoms with Crippen molar-refractivity contribution < 1.29 is 15.3 Å². The zero-order valence-electron chi connectivity index (χ0n) is 10.3. The third-order valence-electron chi connectivity index (χ3n) is 2.51. The number of hydrogen-bond donors (Lipinski definition) is 4. The van der Waals surface area contributed by atoms with E-state index in [9.17, 15) is 10.2 Å². The molecule has 0 amide bonds. The molecule has 0 fully saturated rings. The first-order chi connectivity index (χ1) is 7.99. The Morgan fingerprint density at radius 2 is 1.94 bits per heavy atom.